The number of carboxylic acid groups (broad SMARTS) is 1. The summed E-state index contributed by atoms with van der Waals surface area (Å²) in [6, 6.07) is 7.69. The molecule has 0 aliphatic carbocycles. The Labute approximate surface area is 145 Å². The number of ether oxygens (including phenoxy) is 1. The first-order valence-electron chi connectivity index (χ1n) is 8.19. The summed E-state index contributed by atoms with van der Waals surface area (Å²) in [5, 5.41) is 10.0. The van der Waals surface area contributed by atoms with Crippen LogP contribution in [0.3, 0.4) is 0 Å². The van der Waals surface area contributed by atoms with E-state index in [1.807, 2.05) is 30.5 Å². The van der Waals surface area contributed by atoms with E-state index in [-0.39, 0.29) is 6.61 Å². The Balaban J connectivity index is 1.66. The van der Waals surface area contributed by atoms with Crippen LogP contribution in [0.1, 0.15) is 34.2 Å². The first-order chi connectivity index (χ1) is 11.6. The second kappa shape index (κ2) is 7.77. The molecule has 0 saturated carbocycles. The summed E-state index contributed by atoms with van der Waals surface area (Å²) in [6.07, 6.45) is 4.29. The summed E-state index contributed by atoms with van der Waals surface area (Å²) >= 11 is 1.79. The largest absolute Gasteiger partial charge is 0.482 e. The van der Waals surface area contributed by atoms with Crippen LogP contribution in [-0.2, 0) is 11.3 Å². The summed E-state index contributed by atoms with van der Waals surface area (Å²) in [5.74, 6) is 0.193. The van der Waals surface area contributed by atoms with Gasteiger partial charge in [-0.05, 0) is 32.4 Å². The van der Waals surface area contributed by atoms with Crippen molar-refractivity contribution in [2.45, 2.75) is 32.2 Å². The number of hydrogen-bond donors (Lipinski definition) is 1. The van der Waals surface area contributed by atoms with Crippen LogP contribution >= 0.6 is 11.3 Å². The Kier molecular flexibility index (Phi) is 5.48. The normalized spacial score (nSPS) is 18.5. The lowest BCUT2D eigenvalue weighted by Gasteiger charge is -2.32. The maximum atomic E-state index is 10.7. The minimum Gasteiger partial charge on any atom is -0.482 e. The molecule has 1 N–H and O–H groups in total. The highest BCUT2D eigenvalue weighted by Gasteiger charge is 2.24. The summed E-state index contributed by atoms with van der Waals surface area (Å²) < 4.78 is 5.42. The maximum absolute atomic E-state index is 10.7. The van der Waals surface area contributed by atoms with E-state index in [1.165, 1.54) is 16.3 Å². The molecule has 5 nitrogen and oxygen atoms in total. The molecule has 1 aromatic heterocycles. The number of carbonyl (C=O) groups is 1. The number of rotatable bonds is 6. The quantitative estimate of drug-likeness (QED) is 0.869. The van der Waals surface area contributed by atoms with Crippen molar-refractivity contribution in [2.75, 3.05) is 19.7 Å². The van der Waals surface area contributed by atoms with Crippen molar-refractivity contribution >= 4 is 17.3 Å². The molecular weight excluding hydrogens is 324 g/mol. The van der Waals surface area contributed by atoms with Crippen LogP contribution in [-0.4, -0.2) is 40.7 Å². The number of likely N-dealkylation sites (tertiary alicyclic amines) is 1. The van der Waals surface area contributed by atoms with E-state index in [0.29, 0.717) is 11.7 Å². The maximum Gasteiger partial charge on any atom is 0.341 e. The monoisotopic (exact) mass is 346 g/mol. The molecule has 3 rings (SSSR count). The van der Waals surface area contributed by atoms with Crippen molar-refractivity contribution in [1.82, 2.24) is 9.88 Å². The lowest BCUT2D eigenvalue weighted by molar-refractivity contribution is -0.139. The third-order valence-electron chi connectivity index (χ3n) is 4.21. The van der Waals surface area contributed by atoms with Gasteiger partial charge < -0.3 is 9.84 Å². The third kappa shape index (κ3) is 4.33. The average molecular weight is 346 g/mol. The highest BCUT2D eigenvalue weighted by atomic mass is 32.1. The van der Waals surface area contributed by atoms with E-state index in [4.69, 9.17) is 9.84 Å². The van der Waals surface area contributed by atoms with Gasteiger partial charge in [0, 0.05) is 35.6 Å². The molecule has 2 heterocycles. The molecule has 1 aliphatic rings. The van der Waals surface area contributed by atoms with Gasteiger partial charge in [0.2, 0.25) is 0 Å². The standard InChI is InChI=1S/C18H22N2O3S/c1-13-9-19-18(24-13)15-6-4-8-20(11-15)10-14-5-2-3-7-16(14)23-12-17(21)22/h2-3,5,7,9,15H,4,6,8,10-12H2,1H3,(H,21,22). The Morgan fingerprint density at radius 2 is 2.29 bits per heavy atom. The lowest BCUT2D eigenvalue weighted by atomic mass is 9.98. The number of benzene rings is 1. The minimum absolute atomic E-state index is 0.308. The van der Waals surface area contributed by atoms with E-state index in [0.717, 1.165) is 31.6 Å². The third-order valence-corrected chi connectivity index (χ3v) is 5.29. The van der Waals surface area contributed by atoms with Crippen molar-refractivity contribution in [2.24, 2.45) is 0 Å². The molecule has 0 amide bonds. The smallest absolute Gasteiger partial charge is 0.341 e. The first kappa shape index (κ1) is 16.9. The van der Waals surface area contributed by atoms with Crippen LogP contribution in [0.25, 0.3) is 0 Å². The molecular formula is C18H22N2O3S. The molecule has 0 radical (unpaired) electrons. The van der Waals surface area contributed by atoms with Gasteiger partial charge in [0.1, 0.15) is 5.75 Å². The molecule has 1 atom stereocenters. The molecule has 1 aliphatic heterocycles. The van der Waals surface area contributed by atoms with Crippen molar-refractivity contribution < 1.29 is 14.6 Å². The zero-order valence-electron chi connectivity index (χ0n) is 13.8. The van der Waals surface area contributed by atoms with Crippen molar-refractivity contribution in [1.29, 1.82) is 0 Å². The Bertz CT molecular complexity index is 701. The Morgan fingerprint density at radius 1 is 1.46 bits per heavy atom. The number of carboxylic acids is 1. The summed E-state index contributed by atoms with van der Waals surface area (Å²) in [7, 11) is 0. The zero-order valence-corrected chi connectivity index (χ0v) is 14.6. The van der Waals surface area contributed by atoms with Crippen molar-refractivity contribution in [3.05, 3.63) is 45.9 Å². The summed E-state index contributed by atoms with van der Waals surface area (Å²) in [5.41, 5.74) is 1.04. The highest BCUT2D eigenvalue weighted by molar-refractivity contribution is 7.11. The van der Waals surface area contributed by atoms with Gasteiger partial charge in [0.05, 0.1) is 5.01 Å². The first-order valence-corrected chi connectivity index (χ1v) is 9.00. The fourth-order valence-corrected chi connectivity index (χ4v) is 4.02. The van der Waals surface area contributed by atoms with E-state index >= 15 is 0 Å². The van der Waals surface area contributed by atoms with Crippen molar-refractivity contribution in [3.63, 3.8) is 0 Å². The van der Waals surface area contributed by atoms with Gasteiger partial charge in [-0.1, -0.05) is 18.2 Å². The zero-order chi connectivity index (χ0) is 16.9. The van der Waals surface area contributed by atoms with Crippen LogP contribution < -0.4 is 4.74 Å². The molecule has 1 aromatic carbocycles. The minimum atomic E-state index is -0.957. The fourth-order valence-electron chi connectivity index (χ4n) is 3.12. The molecule has 1 fully saturated rings. The average Bonchev–Trinajstić information content (AvgIpc) is 3.01. The van der Waals surface area contributed by atoms with E-state index in [2.05, 4.69) is 16.8 Å². The molecule has 0 spiro atoms. The van der Waals surface area contributed by atoms with Gasteiger partial charge >= 0.3 is 5.97 Å². The number of aromatic nitrogens is 1. The number of para-hydroxylation sites is 1. The molecule has 0 bridgehead atoms. The number of piperidine rings is 1. The topological polar surface area (TPSA) is 62.7 Å². The van der Waals surface area contributed by atoms with Gasteiger partial charge in [-0.3, -0.25) is 4.90 Å². The number of aryl methyl sites for hydroxylation is 1. The van der Waals surface area contributed by atoms with Crippen LogP contribution in [0.4, 0.5) is 0 Å². The fraction of sp³-hybridized carbons (Fsp3) is 0.444. The van der Waals surface area contributed by atoms with Crippen LogP contribution in [0.5, 0.6) is 5.75 Å². The summed E-state index contributed by atoms with van der Waals surface area (Å²) in [6.45, 7) is 4.60. The molecule has 1 saturated heterocycles. The van der Waals surface area contributed by atoms with Crippen LogP contribution in [0, 0.1) is 6.92 Å². The van der Waals surface area contributed by atoms with Gasteiger partial charge in [-0.15, -0.1) is 11.3 Å². The van der Waals surface area contributed by atoms with Gasteiger partial charge in [-0.25, -0.2) is 9.78 Å². The molecule has 1 unspecified atom stereocenters. The summed E-state index contributed by atoms with van der Waals surface area (Å²) in [4.78, 5) is 19.0. The lowest BCUT2D eigenvalue weighted by Crippen LogP contribution is -2.34. The SMILES string of the molecule is Cc1cnc(C2CCCN(Cc3ccccc3OCC(=O)O)C2)s1. The second-order valence-electron chi connectivity index (χ2n) is 6.17. The Hall–Kier alpha value is -1.92. The number of nitrogens with zero attached hydrogens (tertiary/aromatic N) is 2. The van der Waals surface area contributed by atoms with E-state index in [1.54, 1.807) is 11.3 Å². The van der Waals surface area contributed by atoms with E-state index in [9.17, 15) is 4.79 Å². The molecule has 24 heavy (non-hydrogen) atoms. The predicted molar refractivity (Wildman–Crippen MR) is 93.7 cm³/mol. The van der Waals surface area contributed by atoms with Gasteiger partial charge in [0.25, 0.3) is 0 Å². The van der Waals surface area contributed by atoms with Gasteiger partial charge in [0.15, 0.2) is 6.61 Å². The van der Waals surface area contributed by atoms with Crippen molar-refractivity contribution in [3.8, 4) is 5.75 Å². The second-order valence-corrected chi connectivity index (χ2v) is 7.44. The van der Waals surface area contributed by atoms with Crippen LogP contribution in [0.15, 0.2) is 30.5 Å². The molecule has 2 aromatic rings. The molecule has 6 heteroatoms. The predicted octanol–water partition coefficient (Wildman–Crippen LogP) is 3.29. The van der Waals surface area contributed by atoms with Crippen LogP contribution in [0.2, 0.25) is 0 Å². The number of aliphatic carboxylic acids is 1. The van der Waals surface area contributed by atoms with E-state index < -0.39 is 5.97 Å². The highest BCUT2D eigenvalue weighted by Crippen LogP contribution is 2.31. The number of thiazole rings is 1. The number of hydrogen-bond acceptors (Lipinski definition) is 5. The Morgan fingerprint density at radius 3 is 3.04 bits per heavy atom. The molecule has 128 valence electrons. The van der Waals surface area contributed by atoms with Gasteiger partial charge in [-0.2, -0.15) is 0 Å².